The van der Waals surface area contributed by atoms with Gasteiger partial charge in [0.15, 0.2) is 0 Å². The lowest BCUT2D eigenvalue weighted by Crippen LogP contribution is -2.17. The quantitative estimate of drug-likeness (QED) is 0.748. The number of hydrogen-bond acceptors (Lipinski definition) is 2. The van der Waals surface area contributed by atoms with Crippen LogP contribution in [-0.4, -0.2) is 9.55 Å². The molecule has 1 aromatic carbocycles. The second kappa shape index (κ2) is 4.06. The number of aromatic nitrogens is 2. The van der Waals surface area contributed by atoms with Crippen molar-refractivity contribution in [2.24, 2.45) is 0 Å². The van der Waals surface area contributed by atoms with Crippen molar-refractivity contribution in [3.05, 3.63) is 53.6 Å². The Balaban J connectivity index is 1.98. The van der Waals surface area contributed by atoms with E-state index in [9.17, 15) is 0 Å². The minimum atomic E-state index is 0.383. The fourth-order valence-electron chi connectivity index (χ4n) is 2.53. The molecule has 84 valence electrons. The summed E-state index contributed by atoms with van der Waals surface area (Å²) in [5, 5.41) is 8.80. The van der Waals surface area contributed by atoms with Gasteiger partial charge in [-0.2, -0.15) is 5.26 Å². The smallest absolute Gasteiger partial charge is 0.0991 e. The average Bonchev–Trinajstić information content (AvgIpc) is 2.87. The third-order valence-corrected chi connectivity index (χ3v) is 3.42. The summed E-state index contributed by atoms with van der Waals surface area (Å²) in [7, 11) is 0. The Labute approximate surface area is 100 Å². The highest BCUT2D eigenvalue weighted by atomic mass is 15.1. The lowest BCUT2D eigenvalue weighted by Gasteiger charge is -2.25. The Bertz CT molecular complexity index is 560. The van der Waals surface area contributed by atoms with E-state index < -0.39 is 0 Å². The van der Waals surface area contributed by atoms with Crippen LogP contribution in [0.25, 0.3) is 0 Å². The zero-order chi connectivity index (χ0) is 11.7. The second-order valence-corrected chi connectivity index (χ2v) is 4.43. The molecule has 1 aromatic heterocycles. The van der Waals surface area contributed by atoms with E-state index in [4.69, 9.17) is 5.26 Å². The van der Waals surface area contributed by atoms with Gasteiger partial charge >= 0.3 is 0 Å². The summed E-state index contributed by atoms with van der Waals surface area (Å²) in [6.45, 7) is 0. The van der Waals surface area contributed by atoms with Gasteiger partial charge in [0.1, 0.15) is 0 Å². The Hall–Kier alpha value is -2.08. The Kier molecular flexibility index (Phi) is 2.41. The molecule has 0 bridgehead atoms. The van der Waals surface area contributed by atoms with Crippen LogP contribution in [-0.2, 0) is 6.42 Å². The summed E-state index contributed by atoms with van der Waals surface area (Å²) >= 11 is 0. The predicted molar refractivity (Wildman–Crippen MR) is 64.5 cm³/mol. The normalized spacial score (nSPS) is 18.4. The van der Waals surface area contributed by atoms with E-state index in [0.717, 1.165) is 18.4 Å². The SMILES string of the molecule is N#[14C]c1ccc(C2CCCc3cncn32)cc1. The minimum Gasteiger partial charge on any atom is -0.327 e. The predicted octanol–water partition coefficient (Wildman–Crippen LogP) is 2.68. The van der Waals surface area contributed by atoms with Gasteiger partial charge in [-0.3, -0.25) is 0 Å². The number of aryl methyl sites for hydroxylation is 1. The van der Waals surface area contributed by atoms with Crippen LogP contribution < -0.4 is 0 Å². The van der Waals surface area contributed by atoms with Crippen molar-refractivity contribution in [1.82, 2.24) is 9.55 Å². The van der Waals surface area contributed by atoms with E-state index >= 15 is 0 Å². The van der Waals surface area contributed by atoms with Crippen molar-refractivity contribution in [3.63, 3.8) is 0 Å². The van der Waals surface area contributed by atoms with Crippen LogP contribution in [0.4, 0.5) is 0 Å². The van der Waals surface area contributed by atoms with Gasteiger partial charge in [-0.05, 0) is 37.0 Å². The van der Waals surface area contributed by atoms with Crippen LogP contribution in [0.2, 0.25) is 0 Å². The molecule has 3 heteroatoms. The fraction of sp³-hybridized carbons (Fsp3) is 0.286. The molecular formula is C14H13N3. The molecule has 1 aliphatic heterocycles. The lowest BCUT2D eigenvalue weighted by molar-refractivity contribution is 0.458. The summed E-state index contributed by atoms with van der Waals surface area (Å²) in [6, 6.07) is 10.4. The Morgan fingerprint density at radius 3 is 2.88 bits per heavy atom. The Morgan fingerprint density at radius 2 is 2.12 bits per heavy atom. The molecule has 0 fully saturated rings. The average molecular weight is 225 g/mol. The van der Waals surface area contributed by atoms with Gasteiger partial charge in [0.25, 0.3) is 0 Å². The highest BCUT2D eigenvalue weighted by Crippen LogP contribution is 2.30. The molecule has 17 heavy (non-hydrogen) atoms. The summed E-state index contributed by atoms with van der Waals surface area (Å²) < 4.78 is 2.25. The zero-order valence-corrected chi connectivity index (χ0v) is 9.50. The number of imidazole rings is 1. The van der Waals surface area contributed by atoms with Gasteiger partial charge in [0.2, 0.25) is 0 Å². The van der Waals surface area contributed by atoms with Gasteiger partial charge < -0.3 is 4.57 Å². The molecule has 0 N–H and O–H groups in total. The third kappa shape index (κ3) is 1.72. The molecule has 2 heterocycles. The molecule has 0 amide bonds. The fourth-order valence-corrected chi connectivity index (χ4v) is 2.53. The number of fused-ring (bicyclic) bond motifs is 1. The second-order valence-electron chi connectivity index (χ2n) is 4.43. The van der Waals surface area contributed by atoms with Gasteiger partial charge in [0, 0.05) is 11.9 Å². The minimum absolute atomic E-state index is 0.383. The van der Waals surface area contributed by atoms with Crippen LogP contribution >= 0.6 is 0 Å². The first-order chi connectivity index (χ1) is 8.38. The number of nitriles is 1. The molecule has 2 aromatic rings. The first kappa shape index (κ1) is 10.1. The number of rotatable bonds is 1. The van der Waals surface area contributed by atoms with Crippen LogP contribution in [0, 0.1) is 11.3 Å². The van der Waals surface area contributed by atoms with Crippen molar-refractivity contribution in [2.75, 3.05) is 0 Å². The Morgan fingerprint density at radius 1 is 1.29 bits per heavy atom. The summed E-state index contributed by atoms with van der Waals surface area (Å²) in [6.07, 6.45) is 7.34. The van der Waals surface area contributed by atoms with E-state index in [-0.39, 0.29) is 0 Å². The summed E-state index contributed by atoms with van der Waals surface area (Å²) in [5.41, 5.74) is 3.30. The highest BCUT2D eigenvalue weighted by Gasteiger charge is 2.20. The van der Waals surface area contributed by atoms with Crippen molar-refractivity contribution < 1.29 is 0 Å². The summed E-state index contributed by atoms with van der Waals surface area (Å²) in [5.74, 6) is 0. The molecule has 0 spiro atoms. The zero-order valence-electron chi connectivity index (χ0n) is 9.50. The number of benzene rings is 1. The third-order valence-electron chi connectivity index (χ3n) is 3.42. The van der Waals surface area contributed by atoms with Crippen LogP contribution in [0.15, 0.2) is 36.8 Å². The van der Waals surface area contributed by atoms with Gasteiger partial charge in [-0.25, -0.2) is 4.98 Å². The number of nitrogens with zero attached hydrogens (tertiary/aromatic N) is 3. The van der Waals surface area contributed by atoms with Gasteiger partial charge in [-0.15, -0.1) is 0 Å². The topological polar surface area (TPSA) is 41.6 Å². The maximum absolute atomic E-state index is 8.80. The molecule has 3 nitrogen and oxygen atoms in total. The van der Waals surface area contributed by atoms with Crippen molar-refractivity contribution in [1.29, 1.82) is 5.26 Å². The van der Waals surface area contributed by atoms with Crippen LogP contribution in [0.5, 0.6) is 0 Å². The maximum Gasteiger partial charge on any atom is 0.0991 e. The van der Waals surface area contributed by atoms with Crippen molar-refractivity contribution in [3.8, 4) is 6.07 Å². The van der Waals surface area contributed by atoms with E-state index in [1.807, 2.05) is 24.7 Å². The first-order valence-electron chi connectivity index (χ1n) is 5.89. The molecule has 1 aliphatic rings. The van der Waals surface area contributed by atoms with Crippen molar-refractivity contribution >= 4 is 0 Å². The highest BCUT2D eigenvalue weighted by molar-refractivity contribution is 5.33. The number of hydrogen-bond donors (Lipinski definition) is 0. The monoisotopic (exact) mass is 225 g/mol. The van der Waals surface area contributed by atoms with Gasteiger partial charge in [0.05, 0.1) is 24.0 Å². The van der Waals surface area contributed by atoms with Crippen molar-refractivity contribution in [2.45, 2.75) is 25.3 Å². The van der Waals surface area contributed by atoms with E-state index in [1.165, 1.54) is 17.7 Å². The van der Waals surface area contributed by atoms with Crippen LogP contribution in [0.3, 0.4) is 0 Å². The molecule has 0 saturated carbocycles. The first-order valence-corrected chi connectivity index (χ1v) is 5.89. The lowest BCUT2D eigenvalue weighted by atomic mass is 9.96. The van der Waals surface area contributed by atoms with Crippen LogP contribution in [0.1, 0.15) is 35.7 Å². The molecular weight excluding hydrogens is 212 g/mol. The molecule has 0 aliphatic carbocycles. The summed E-state index contributed by atoms with van der Waals surface area (Å²) in [4.78, 5) is 4.22. The standard InChI is InChI=1S/C14H13N3/c15-8-11-4-6-12(7-5-11)14-3-1-2-13-9-16-10-17(13)14/h4-7,9-10,14H,1-3H2/i8+2. The van der Waals surface area contributed by atoms with E-state index in [0.29, 0.717) is 6.04 Å². The van der Waals surface area contributed by atoms with E-state index in [2.05, 4.69) is 27.8 Å². The van der Waals surface area contributed by atoms with Gasteiger partial charge in [-0.1, -0.05) is 12.1 Å². The molecule has 0 saturated heterocycles. The molecule has 0 radical (unpaired) electrons. The maximum atomic E-state index is 8.80. The largest absolute Gasteiger partial charge is 0.327 e. The molecule has 3 rings (SSSR count). The molecule has 1 atom stereocenters. The van der Waals surface area contributed by atoms with E-state index in [1.54, 1.807) is 0 Å². The molecule has 1 unspecified atom stereocenters.